The van der Waals surface area contributed by atoms with Crippen molar-refractivity contribution in [2.45, 2.75) is 19.8 Å². The molecule has 0 aliphatic carbocycles. The monoisotopic (exact) mass is 364 g/mol. The van der Waals surface area contributed by atoms with Crippen molar-refractivity contribution in [3.63, 3.8) is 0 Å². The quantitative estimate of drug-likeness (QED) is 0.676. The SMILES string of the molecule is CCOc1ccc(-c2nc(CC(=O)N3CCc4ccccc43)cs2)cc1. The largest absolute Gasteiger partial charge is 0.494 e. The van der Waals surface area contributed by atoms with Crippen molar-refractivity contribution in [1.29, 1.82) is 0 Å². The highest BCUT2D eigenvalue weighted by Crippen LogP contribution is 2.29. The zero-order valence-corrected chi connectivity index (χ0v) is 15.5. The van der Waals surface area contributed by atoms with Crippen LogP contribution in [-0.2, 0) is 17.6 Å². The fourth-order valence-electron chi connectivity index (χ4n) is 3.23. The Morgan fingerprint density at radius 1 is 1.19 bits per heavy atom. The predicted molar refractivity (Wildman–Crippen MR) is 105 cm³/mol. The first kappa shape index (κ1) is 16.8. The molecule has 1 aromatic heterocycles. The van der Waals surface area contributed by atoms with E-state index in [1.165, 1.54) is 5.56 Å². The third kappa shape index (κ3) is 3.35. The Kier molecular flexibility index (Phi) is 4.71. The Labute approximate surface area is 157 Å². The molecule has 132 valence electrons. The van der Waals surface area contributed by atoms with Crippen molar-refractivity contribution < 1.29 is 9.53 Å². The Balaban J connectivity index is 1.46. The molecule has 4 nitrogen and oxygen atoms in total. The maximum absolute atomic E-state index is 12.7. The normalized spacial score (nSPS) is 12.9. The van der Waals surface area contributed by atoms with E-state index in [1.807, 2.05) is 59.7 Å². The molecule has 2 aromatic carbocycles. The molecule has 0 fully saturated rings. The van der Waals surface area contributed by atoms with Gasteiger partial charge in [-0.2, -0.15) is 0 Å². The first-order valence-electron chi connectivity index (χ1n) is 8.80. The van der Waals surface area contributed by atoms with Crippen molar-refractivity contribution in [2.24, 2.45) is 0 Å². The van der Waals surface area contributed by atoms with E-state index in [-0.39, 0.29) is 5.91 Å². The summed E-state index contributed by atoms with van der Waals surface area (Å²) in [6, 6.07) is 16.0. The van der Waals surface area contributed by atoms with Crippen LogP contribution in [0.25, 0.3) is 10.6 Å². The van der Waals surface area contributed by atoms with E-state index in [2.05, 4.69) is 11.1 Å². The molecule has 4 rings (SSSR count). The molecule has 26 heavy (non-hydrogen) atoms. The minimum Gasteiger partial charge on any atom is -0.494 e. The molecule has 5 heteroatoms. The number of amides is 1. The molecule has 0 radical (unpaired) electrons. The van der Waals surface area contributed by atoms with Gasteiger partial charge < -0.3 is 9.64 Å². The fourth-order valence-corrected chi connectivity index (χ4v) is 4.05. The van der Waals surface area contributed by atoms with Crippen molar-refractivity contribution in [3.8, 4) is 16.3 Å². The van der Waals surface area contributed by atoms with Crippen LogP contribution < -0.4 is 9.64 Å². The second-order valence-electron chi connectivity index (χ2n) is 6.20. The van der Waals surface area contributed by atoms with E-state index < -0.39 is 0 Å². The van der Waals surface area contributed by atoms with E-state index in [0.717, 1.165) is 40.7 Å². The number of hydrogen-bond donors (Lipinski definition) is 0. The molecule has 3 aromatic rings. The number of fused-ring (bicyclic) bond motifs is 1. The molecule has 0 N–H and O–H groups in total. The first-order chi connectivity index (χ1) is 12.7. The average Bonchev–Trinajstić information content (AvgIpc) is 3.29. The third-order valence-corrected chi connectivity index (χ3v) is 5.42. The van der Waals surface area contributed by atoms with Gasteiger partial charge in [0.1, 0.15) is 10.8 Å². The van der Waals surface area contributed by atoms with Crippen LogP contribution in [0.4, 0.5) is 5.69 Å². The predicted octanol–water partition coefficient (Wildman–Crippen LogP) is 4.34. The van der Waals surface area contributed by atoms with Crippen molar-refractivity contribution in [1.82, 2.24) is 4.98 Å². The van der Waals surface area contributed by atoms with Gasteiger partial charge in [0.2, 0.25) is 5.91 Å². The summed E-state index contributed by atoms with van der Waals surface area (Å²) in [5.41, 5.74) is 4.16. The smallest absolute Gasteiger partial charge is 0.233 e. The van der Waals surface area contributed by atoms with Gasteiger partial charge in [-0.25, -0.2) is 4.98 Å². The van der Waals surface area contributed by atoms with Crippen LogP contribution in [0.1, 0.15) is 18.2 Å². The highest BCUT2D eigenvalue weighted by atomic mass is 32.1. The molecule has 0 saturated carbocycles. The number of carbonyl (C=O) groups excluding carboxylic acids is 1. The van der Waals surface area contributed by atoms with Crippen LogP contribution >= 0.6 is 11.3 Å². The van der Waals surface area contributed by atoms with Crippen LogP contribution in [-0.4, -0.2) is 24.0 Å². The zero-order valence-electron chi connectivity index (χ0n) is 14.6. The van der Waals surface area contributed by atoms with Crippen LogP contribution in [0, 0.1) is 0 Å². The van der Waals surface area contributed by atoms with Crippen molar-refractivity contribution >= 4 is 22.9 Å². The molecule has 1 amide bonds. The lowest BCUT2D eigenvalue weighted by Crippen LogP contribution is -2.30. The van der Waals surface area contributed by atoms with Gasteiger partial charge in [0.15, 0.2) is 0 Å². The first-order valence-corrected chi connectivity index (χ1v) is 9.68. The number of aromatic nitrogens is 1. The van der Waals surface area contributed by atoms with Gasteiger partial charge in [0.25, 0.3) is 0 Å². The number of thiazole rings is 1. The second kappa shape index (κ2) is 7.30. The van der Waals surface area contributed by atoms with E-state index in [1.54, 1.807) is 11.3 Å². The van der Waals surface area contributed by atoms with E-state index in [9.17, 15) is 4.79 Å². The average molecular weight is 364 g/mol. The lowest BCUT2D eigenvalue weighted by atomic mass is 10.2. The van der Waals surface area contributed by atoms with E-state index in [4.69, 9.17) is 4.74 Å². The Morgan fingerprint density at radius 3 is 2.81 bits per heavy atom. The van der Waals surface area contributed by atoms with Gasteiger partial charge in [0, 0.05) is 23.2 Å². The number of nitrogens with zero attached hydrogens (tertiary/aromatic N) is 2. The Morgan fingerprint density at radius 2 is 2.00 bits per heavy atom. The van der Waals surface area contributed by atoms with Gasteiger partial charge in [-0.05, 0) is 49.2 Å². The van der Waals surface area contributed by atoms with Gasteiger partial charge in [-0.3, -0.25) is 4.79 Å². The third-order valence-electron chi connectivity index (χ3n) is 4.48. The molecule has 0 unspecified atom stereocenters. The van der Waals surface area contributed by atoms with Gasteiger partial charge in [-0.1, -0.05) is 18.2 Å². The van der Waals surface area contributed by atoms with Crippen molar-refractivity contribution in [3.05, 3.63) is 65.2 Å². The standard InChI is InChI=1S/C21H20N2O2S/c1-2-25-18-9-7-16(8-10-18)21-22-17(14-26-21)13-20(24)23-12-11-15-5-3-4-6-19(15)23/h3-10,14H,2,11-13H2,1H3. The number of carbonyl (C=O) groups is 1. The summed E-state index contributed by atoms with van der Waals surface area (Å²) in [6.45, 7) is 3.38. The maximum Gasteiger partial charge on any atom is 0.233 e. The summed E-state index contributed by atoms with van der Waals surface area (Å²) in [6.07, 6.45) is 1.26. The Hall–Kier alpha value is -2.66. The molecule has 0 atom stereocenters. The summed E-state index contributed by atoms with van der Waals surface area (Å²) in [5.74, 6) is 0.967. The molecular weight excluding hydrogens is 344 g/mol. The van der Waals surface area contributed by atoms with Crippen LogP contribution in [0.3, 0.4) is 0 Å². The minimum absolute atomic E-state index is 0.110. The topological polar surface area (TPSA) is 42.4 Å². The molecular formula is C21H20N2O2S. The van der Waals surface area contributed by atoms with E-state index >= 15 is 0 Å². The van der Waals surface area contributed by atoms with Crippen LogP contribution in [0.15, 0.2) is 53.9 Å². The zero-order chi connectivity index (χ0) is 17.9. The summed E-state index contributed by atoms with van der Waals surface area (Å²) < 4.78 is 5.47. The maximum atomic E-state index is 12.7. The molecule has 2 heterocycles. The second-order valence-corrected chi connectivity index (χ2v) is 7.06. The van der Waals surface area contributed by atoms with Gasteiger partial charge >= 0.3 is 0 Å². The lowest BCUT2D eigenvalue weighted by Gasteiger charge is -2.16. The number of hydrogen-bond acceptors (Lipinski definition) is 4. The summed E-state index contributed by atoms with van der Waals surface area (Å²) in [7, 11) is 0. The molecule has 0 saturated heterocycles. The number of ether oxygens (including phenoxy) is 1. The highest BCUT2D eigenvalue weighted by Gasteiger charge is 2.24. The molecule has 0 spiro atoms. The molecule has 1 aliphatic rings. The number of benzene rings is 2. The van der Waals surface area contributed by atoms with Crippen molar-refractivity contribution in [2.75, 3.05) is 18.1 Å². The lowest BCUT2D eigenvalue weighted by molar-refractivity contribution is -0.117. The molecule has 1 aliphatic heterocycles. The van der Waals surface area contributed by atoms with Crippen LogP contribution in [0.5, 0.6) is 5.75 Å². The van der Waals surface area contributed by atoms with E-state index in [0.29, 0.717) is 13.0 Å². The summed E-state index contributed by atoms with van der Waals surface area (Å²) in [5, 5.41) is 2.91. The van der Waals surface area contributed by atoms with Crippen LogP contribution in [0.2, 0.25) is 0 Å². The van der Waals surface area contributed by atoms with Gasteiger partial charge in [-0.15, -0.1) is 11.3 Å². The van der Waals surface area contributed by atoms with Gasteiger partial charge in [0.05, 0.1) is 18.7 Å². The molecule has 0 bridgehead atoms. The summed E-state index contributed by atoms with van der Waals surface area (Å²) in [4.78, 5) is 19.2. The summed E-state index contributed by atoms with van der Waals surface area (Å²) >= 11 is 1.57. The number of rotatable bonds is 5. The number of para-hydroxylation sites is 1. The fraction of sp³-hybridized carbons (Fsp3) is 0.238. The minimum atomic E-state index is 0.110. The Bertz CT molecular complexity index is 918. The highest BCUT2D eigenvalue weighted by molar-refractivity contribution is 7.13. The number of anilines is 1.